The highest BCUT2D eigenvalue weighted by molar-refractivity contribution is 7.22. The van der Waals surface area contributed by atoms with Gasteiger partial charge in [-0.15, -0.1) is 23.7 Å². The third-order valence-electron chi connectivity index (χ3n) is 8.11. The molecule has 5 rings (SSSR count). The van der Waals surface area contributed by atoms with Crippen molar-refractivity contribution in [3.63, 3.8) is 0 Å². The molecule has 0 N–H and O–H groups in total. The second kappa shape index (κ2) is 16.4. The van der Waals surface area contributed by atoms with Crippen LogP contribution in [0, 0.1) is 11.7 Å². The minimum absolute atomic E-state index is 0. The Bertz CT molecular complexity index is 1770. The number of pyridine rings is 1. The predicted molar refractivity (Wildman–Crippen MR) is 191 cm³/mol. The van der Waals surface area contributed by atoms with Gasteiger partial charge in [0.2, 0.25) is 0 Å². The summed E-state index contributed by atoms with van der Waals surface area (Å²) in [4.78, 5) is 18.8. The monoisotopic (exact) mass is 662 g/mol. The maximum absolute atomic E-state index is 15.0. The summed E-state index contributed by atoms with van der Waals surface area (Å²) in [5.74, 6) is 0.589. The first-order chi connectivity index (χ1) is 21.8. The second-order valence-corrected chi connectivity index (χ2v) is 13.0. The number of rotatable bonds is 14. The number of aromatic nitrogens is 1. The molecule has 0 saturated carbocycles. The molecule has 1 atom stereocenters. The molecule has 0 bridgehead atoms. The van der Waals surface area contributed by atoms with E-state index in [-0.39, 0.29) is 35.7 Å². The van der Waals surface area contributed by atoms with Crippen LogP contribution in [0.5, 0.6) is 5.75 Å². The lowest BCUT2D eigenvalue weighted by atomic mass is 9.97. The van der Waals surface area contributed by atoms with Gasteiger partial charge in [-0.1, -0.05) is 75.7 Å². The fraction of sp³-hybridized carbons (Fsp3) is 0.342. The first-order valence-electron chi connectivity index (χ1n) is 15.7. The van der Waals surface area contributed by atoms with Gasteiger partial charge in [-0.05, 0) is 66.4 Å². The Balaban J connectivity index is 0.00000480. The van der Waals surface area contributed by atoms with E-state index in [1.165, 1.54) is 11.6 Å². The van der Waals surface area contributed by atoms with Gasteiger partial charge >= 0.3 is 0 Å². The van der Waals surface area contributed by atoms with Gasteiger partial charge in [0.25, 0.3) is 0 Å². The Labute approximate surface area is 282 Å². The molecule has 0 radical (unpaired) electrons. The van der Waals surface area contributed by atoms with Crippen LogP contribution in [-0.2, 0) is 24.4 Å². The van der Waals surface area contributed by atoms with E-state index in [4.69, 9.17) is 9.47 Å². The molecule has 0 spiro atoms. The van der Waals surface area contributed by atoms with Crippen molar-refractivity contribution in [2.75, 3.05) is 20.8 Å². The number of hydrogen-bond donors (Lipinski definition) is 0. The number of thiophene rings is 1. The largest absolute Gasteiger partial charge is 0.497 e. The molecule has 0 aliphatic rings. The first kappa shape index (κ1) is 35.4. The average Bonchev–Trinajstić information content (AvgIpc) is 3.41. The third kappa shape index (κ3) is 8.07. The van der Waals surface area contributed by atoms with E-state index in [0.29, 0.717) is 36.2 Å². The van der Waals surface area contributed by atoms with E-state index in [2.05, 4.69) is 49.4 Å². The van der Waals surface area contributed by atoms with E-state index in [9.17, 15) is 4.79 Å². The molecule has 46 heavy (non-hydrogen) atoms. The lowest BCUT2D eigenvalue weighted by Gasteiger charge is -2.23. The van der Waals surface area contributed by atoms with Crippen molar-refractivity contribution in [2.45, 2.75) is 59.4 Å². The molecule has 244 valence electrons. The molecule has 8 heteroatoms. The molecule has 0 amide bonds. The Hall–Kier alpha value is -3.49. The normalized spacial score (nSPS) is 12.1. The summed E-state index contributed by atoms with van der Waals surface area (Å²) >= 11 is 1.59. The van der Waals surface area contributed by atoms with Gasteiger partial charge in [-0.25, -0.2) is 4.39 Å². The number of methoxy groups -OCH3 is 1. The second-order valence-electron chi connectivity index (χ2n) is 12.0. The highest BCUT2D eigenvalue weighted by atomic mass is 35.5. The molecule has 5 nitrogen and oxygen atoms in total. The van der Waals surface area contributed by atoms with E-state index < -0.39 is 0 Å². The molecule has 0 aliphatic carbocycles. The summed E-state index contributed by atoms with van der Waals surface area (Å²) in [5.41, 5.74) is 4.37. The molecule has 2 aromatic heterocycles. The summed E-state index contributed by atoms with van der Waals surface area (Å²) in [5, 5.41) is 0.685. The van der Waals surface area contributed by atoms with Crippen LogP contribution < -0.4 is 10.2 Å². The number of hydrogen-bond acceptors (Lipinski definition) is 5. The van der Waals surface area contributed by atoms with Crippen LogP contribution in [0.1, 0.15) is 62.0 Å². The third-order valence-corrected chi connectivity index (χ3v) is 9.43. The number of fused-ring (bicyclic) bond motifs is 1. The van der Waals surface area contributed by atoms with Crippen molar-refractivity contribution in [2.24, 2.45) is 5.92 Å². The zero-order valence-electron chi connectivity index (χ0n) is 27.3. The lowest BCUT2D eigenvalue weighted by Crippen LogP contribution is -2.24. The minimum atomic E-state index is -0.375. The van der Waals surface area contributed by atoms with Crippen LogP contribution >= 0.6 is 23.7 Å². The molecule has 0 saturated heterocycles. The zero-order chi connectivity index (χ0) is 31.9. The van der Waals surface area contributed by atoms with E-state index in [1.54, 1.807) is 24.5 Å². The van der Waals surface area contributed by atoms with Gasteiger partial charge in [0.05, 0.1) is 25.1 Å². The van der Waals surface area contributed by atoms with Crippen LogP contribution in [-0.4, -0.2) is 30.2 Å². The van der Waals surface area contributed by atoms with Crippen LogP contribution in [0.25, 0.3) is 20.7 Å². The maximum Gasteiger partial charge on any atom is 0.196 e. The van der Waals surface area contributed by atoms with Gasteiger partial charge in [-0.3, -0.25) is 9.69 Å². The van der Waals surface area contributed by atoms with Crippen LogP contribution in [0.2, 0.25) is 0 Å². The highest BCUT2D eigenvalue weighted by Gasteiger charge is 2.27. The topological polar surface area (TPSA) is 43.7 Å². The molecule has 5 aromatic rings. The van der Waals surface area contributed by atoms with Crippen molar-refractivity contribution < 1.29 is 13.9 Å². The van der Waals surface area contributed by atoms with Gasteiger partial charge in [0.1, 0.15) is 16.4 Å². The fourth-order valence-electron chi connectivity index (χ4n) is 5.79. The number of halogens is 2. The standard InChI is InChI=1S/C38H43FN2O3S.ClH/c1-6-7-21-44-36(26(2)3)32-25-41(23-29-15-11-12-16-33(29)39)38-34(35(32)42)31(24-40(4)22-27-13-9-8-10-14-27)37(45-38)28-17-19-30(43-5)20-18-28;/h8-20,25-26,36H,6-7,21-24H2,1-5H3;1H. The Morgan fingerprint density at radius 1 is 0.957 bits per heavy atom. The van der Waals surface area contributed by atoms with Gasteiger partial charge in [-0.2, -0.15) is 0 Å². The van der Waals surface area contributed by atoms with Gasteiger partial charge in [0, 0.05) is 41.9 Å². The minimum Gasteiger partial charge on any atom is -0.497 e. The van der Waals surface area contributed by atoms with E-state index in [1.807, 2.05) is 60.8 Å². The number of unbranched alkanes of at least 4 members (excludes halogenated alkanes) is 1. The number of ether oxygens (including phenoxy) is 2. The van der Waals surface area contributed by atoms with Crippen molar-refractivity contribution >= 4 is 34.0 Å². The SMILES string of the molecule is CCCCOC(c1cn(Cc2ccccc2F)c2sc(-c3ccc(OC)cc3)c(CN(C)Cc3ccccc3)c2c1=O)C(C)C.Cl. The van der Waals surface area contributed by atoms with Crippen LogP contribution in [0.4, 0.5) is 4.39 Å². The molecule has 2 heterocycles. The molecule has 1 unspecified atom stereocenters. The first-order valence-corrected chi connectivity index (χ1v) is 16.5. The summed E-state index contributed by atoms with van der Waals surface area (Å²) in [6.45, 7) is 8.50. The van der Waals surface area contributed by atoms with Gasteiger partial charge < -0.3 is 14.0 Å². The van der Waals surface area contributed by atoms with Gasteiger partial charge in [0.15, 0.2) is 5.43 Å². The van der Waals surface area contributed by atoms with Crippen molar-refractivity contribution in [1.82, 2.24) is 9.47 Å². The highest BCUT2D eigenvalue weighted by Crippen LogP contribution is 2.40. The summed E-state index contributed by atoms with van der Waals surface area (Å²) in [6, 6.07) is 25.2. The molecule has 3 aromatic carbocycles. The molecular formula is C38H44ClFN2O3S. The molecular weight excluding hydrogens is 619 g/mol. The number of nitrogens with zero attached hydrogens (tertiary/aromatic N) is 2. The lowest BCUT2D eigenvalue weighted by molar-refractivity contribution is 0.0185. The van der Waals surface area contributed by atoms with Crippen molar-refractivity contribution in [3.8, 4) is 16.2 Å². The van der Waals surface area contributed by atoms with Crippen molar-refractivity contribution in [1.29, 1.82) is 0 Å². The number of benzene rings is 3. The fourth-order valence-corrected chi connectivity index (χ4v) is 7.08. The van der Waals surface area contributed by atoms with Crippen LogP contribution in [0.3, 0.4) is 0 Å². The summed E-state index contributed by atoms with van der Waals surface area (Å²) in [6.07, 6.45) is 3.47. The zero-order valence-corrected chi connectivity index (χ0v) is 28.9. The molecule has 0 fully saturated rings. The Morgan fingerprint density at radius 2 is 1.65 bits per heavy atom. The summed E-state index contributed by atoms with van der Waals surface area (Å²) in [7, 11) is 3.74. The summed E-state index contributed by atoms with van der Waals surface area (Å²) < 4.78 is 28.9. The Kier molecular flexibility index (Phi) is 12.6. The van der Waals surface area contributed by atoms with E-state index in [0.717, 1.165) is 46.0 Å². The average molecular weight is 663 g/mol. The Morgan fingerprint density at radius 3 is 2.30 bits per heavy atom. The smallest absolute Gasteiger partial charge is 0.196 e. The predicted octanol–water partition coefficient (Wildman–Crippen LogP) is 9.49. The maximum atomic E-state index is 15.0. The molecule has 0 aliphatic heterocycles. The quantitative estimate of drug-likeness (QED) is 0.111. The van der Waals surface area contributed by atoms with Crippen LogP contribution in [0.15, 0.2) is 89.9 Å². The van der Waals surface area contributed by atoms with E-state index >= 15 is 4.39 Å². The van der Waals surface area contributed by atoms with Crippen molar-refractivity contribution in [3.05, 3.63) is 123 Å².